The maximum Gasteiger partial charge on any atom is 0.306 e. The van der Waals surface area contributed by atoms with Crippen LogP contribution in [-0.4, -0.2) is 22.8 Å². The molecule has 0 fully saturated rings. The first-order chi connectivity index (χ1) is 10.1. The summed E-state index contributed by atoms with van der Waals surface area (Å²) in [5, 5.41) is 18.8. The highest BCUT2D eigenvalue weighted by molar-refractivity contribution is 5.71. The van der Waals surface area contributed by atoms with Crippen LogP contribution in [0.2, 0.25) is 0 Å². The molecule has 0 aliphatic heterocycles. The van der Waals surface area contributed by atoms with Crippen molar-refractivity contribution in [1.29, 1.82) is 0 Å². The lowest BCUT2D eigenvalue weighted by atomic mass is 9.88. The van der Waals surface area contributed by atoms with Gasteiger partial charge in [-0.25, -0.2) is 0 Å². The Bertz CT molecular complexity index is 542. The number of ether oxygens (including phenoxy) is 1. The highest BCUT2D eigenvalue weighted by Crippen LogP contribution is 2.30. The topological polar surface area (TPSA) is 66.8 Å². The molecule has 0 aliphatic rings. The van der Waals surface area contributed by atoms with Crippen LogP contribution in [0.3, 0.4) is 0 Å². The largest absolute Gasteiger partial charge is 0.508 e. The van der Waals surface area contributed by atoms with Crippen molar-refractivity contribution in [2.24, 2.45) is 0 Å². The standard InChI is InChI=1S/C17H18O4/c1-2-21-17(20)11-16(12-3-7-14(18)8-4-12)13-5-9-15(19)10-6-13/h3-10,16,18-19H,2,11H2,1H3. The lowest BCUT2D eigenvalue weighted by Crippen LogP contribution is -2.11. The Hall–Kier alpha value is -2.49. The maximum atomic E-state index is 11.8. The SMILES string of the molecule is CCOC(=O)CC(c1ccc(O)cc1)c1ccc(O)cc1. The third kappa shape index (κ3) is 3.99. The van der Waals surface area contributed by atoms with Crippen LogP contribution in [0, 0.1) is 0 Å². The van der Waals surface area contributed by atoms with E-state index in [0.29, 0.717) is 6.61 Å². The molecule has 4 nitrogen and oxygen atoms in total. The molecule has 2 N–H and O–H groups in total. The van der Waals surface area contributed by atoms with Gasteiger partial charge in [-0.1, -0.05) is 24.3 Å². The molecule has 110 valence electrons. The van der Waals surface area contributed by atoms with E-state index in [1.807, 2.05) is 0 Å². The minimum absolute atomic E-state index is 0.176. The first kappa shape index (κ1) is 14.9. The quantitative estimate of drug-likeness (QED) is 0.828. The molecule has 2 aromatic rings. The van der Waals surface area contributed by atoms with Gasteiger partial charge >= 0.3 is 5.97 Å². The van der Waals surface area contributed by atoms with Crippen LogP contribution in [0.1, 0.15) is 30.4 Å². The third-order valence-electron chi connectivity index (χ3n) is 3.27. The van der Waals surface area contributed by atoms with Crippen LogP contribution in [0.4, 0.5) is 0 Å². The summed E-state index contributed by atoms with van der Waals surface area (Å²) >= 11 is 0. The van der Waals surface area contributed by atoms with Gasteiger partial charge in [0.1, 0.15) is 11.5 Å². The predicted molar refractivity (Wildman–Crippen MR) is 79.3 cm³/mol. The fourth-order valence-electron chi connectivity index (χ4n) is 2.23. The minimum Gasteiger partial charge on any atom is -0.508 e. The molecule has 0 saturated carbocycles. The molecular formula is C17H18O4. The zero-order valence-electron chi connectivity index (χ0n) is 11.8. The number of benzene rings is 2. The zero-order chi connectivity index (χ0) is 15.2. The van der Waals surface area contributed by atoms with Gasteiger partial charge in [-0.05, 0) is 42.3 Å². The van der Waals surface area contributed by atoms with Crippen molar-refractivity contribution in [3.8, 4) is 11.5 Å². The Balaban J connectivity index is 2.31. The molecule has 0 saturated heterocycles. The lowest BCUT2D eigenvalue weighted by molar-refractivity contribution is -0.143. The third-order valence-corrected chi connectivity index (χ3v) is 3.27. The molecule has 0 radical (unpaired) electrons. The zero-order valence-corrected chi connectivity index (χ0v) is 11.8. The molecule has 0 spiro atoms. The Morgan fingerprint density at radius 2 is 1.38 bits per heavy atom. The molecular weight excluding hydrogens is 268 g/mol. The number of carbonyl (C=O) groups is 1. The maximum absolute atomic E-state index is 11.8. The first-order valence-corrected chi connectivity index (χ1v) is 6.83. The monoisotopic (exact) mass is 286 g/mol. The molecule has 0 atom stereocenters. The van der Waals surface area contributed by atoms with E-state index in [1.54, 1.807) is 55.5 Å². The molecule has 0 bridgehead atoms. The summed E-state index contributed by atoms with van der Waals surface area (Å²) < 4.78 is 5.03. The summed E-state index contributed by atoms with van der Waals surface area (Å²) in [7, 11) is 0. The summed E-state index contributed by atoms with van der Waals surface area (Å²) in [4.78, 5) is 11.8. The lowest BCUT2D eigenvalue weighted by Gasteiger charge is -2.17. The molecule has 4 heteroatoms. The molecule has 0 amide bonds. The van der Waals surface area contributed by atoms with Crippen molar-refractivity contribution < 1.29 is 19.7 Å². The van der Waals surface area contributed by atoms with Crippen LogP contribution in [-0.2, 0) is 9.53 Å². The fourth-order valence-corrected chi connectivity index (χ4v) is 2.23. The van der Waals surface area contributed by atoms with Gasteiger partial charge in [0.2, 0.25) is 0 Å². The number of hydrogen-bond donors (Lipinski definition) is 2. The number of aromatic hydroxyl groups is 2. The predicted octanol–water partition coefficient (Wildman–Crippen LogP) is 3.18. The van der Waals surface area contributed by atoms with E-state index >= 15 is 0 Å². The number of phenols is 2. The summed E-state index contributed by atoms with van der Waals surface area (Å²) in [6, 6.07) is 13.5. The summed E-state index contributed by atoms with van der Waals surface area (Å²) in [6.45, 7) is 2.12. The summed E-state index contributed by atoms with van der Waals surface area (Å²) in [6.07, 6.45) is 0.212. The second-order valence-corrected chi connectivity index (χ2v) is 4.74. The first-order valence-electron chi connectivity index (χ1n) is 6.83. The number of rotatable bonds is 5. The number of hydrogen-bond acceptors (Lipinski definition) is 4. The van der Waals surface area contributed by atoms with E-state index in [1.165, 1.54) is 0 Å². The Morgan fingerprint density at radius 1 is 0.952 bits per heavy atom. The van der Waals surface area contributed by atoms with Crippen LogP contribution in [0.5, 0.6) is 11.5 Å². The average Bonchev–Trinajstić information content (AvgIpc) is 2.47. The van der Waals surface area contributed by atoms with E-state index in [4.69, 9.17) is 4.74 Å². The molecule has 0 aromatic heterocycles. The Labute approximate surface area is 123 Å². The van der Waals surface area contributed by atoms with E-state index in [-0.39, 0.29) is 29.8 Å². The molecule has 21 heavy (non-hydrogen) atoms. The Morgan fingerprint density at radius 3 is 1.76 bits per heavy atom. The van der Waals surface area contributed by atoms with E-state index < -0.39 is 0 Å². The molecule has 0 unspecified atom stereocenters. The van der Waals surface area contributed by atoms with Crippen molar-refractivity contribution in [1.82, 2.24) is 0 Å². The Kier molecular flexibility index (Phi) is 4.82. The van der Waals surface area contributed by atoms with E-state index in [9.17, 15) is 15.0 Å². The highest BCUT2D eigenvalue weighted by atomic mass is 16.5. The van der Waals surface area contributed by atoms with Gasteiger partial charge in [0.05, 0.1) is 13.0 Å². The van der Waals surface area contributed by atoms with Crippen molar-refractivity contribution in [2.45, 2.75) is 19.3 Å². The van der Waals surface area contributed by atoms with Crippen molar-refractivity contribution >= 4 is 5.97 Å². The van der Waals surface area contributed by atoms with Gasteiger partial charge in [-0.2, -0.15) is 0 Å². The van der Waals surface area contributed by atoms with Gasteiger partial charge in [-0.3, -0.25) is 4.79 Å². The second kappa shape index (κ2) is 6.79. The van der Waals surface area contributed by atoms with Gasteiger partial charge in [0, 0.05) is 5.92 Å². The van der Waals surface area contributed by atoms with Crippen molar-refractivity contribution in [3.05, 3.63) is 59.7 Å². The van der Waals surface area contributed by atoms with Gasteiger partial charge in [0.25, 0.3) is 0 Å². The number of esters is 1. The van der Waals surface area contributed by atoms with Gasteiger partial charge in [0.15, 0.2) is 0 Å². The molecule has 0 heterocycles. The van der Waals surface area contributed by atoms with Crippen molar-refractivity contribution in [3.63, 3.8) is 0 Å². The highest BCUT2D eigenvalue weighted by Gasteiger charge is 2.19. The average molecular weight is 286 g/mol. The molecule has 0 aliphatic carbocycles. The fraction of sp³-hybridized carbons (Fsp3) is 0.235. The smallest absolute Gasteiger partial charge is 0.306 e. The van der Waals surface area contributed by atoms with Crippen molar-refractivity contribution in [2.75, 3.05) is 6.61 Å². The summed E-state index contributed by atoms with van der Waals surface area (Å²) in [5.74, 6) is -0.0902. The molecule has 2 aromatic carbocycles. The number of carbonyl (C=O) groups excluding carboxylic acids is 1. The summed E-state index contributed by atoms with van der Waals surface area (Å²) in [5.41, 5.74) is 1.82. The second-order valence-electron chi connectivity index (χ2n) is 4.74. The van der Waals surface area contributed by atoms with Gasteiger partial charge in [-0.15, -0.1) is 0 Å². The molecule has 2 rings (SSSR count). The number of phenolic OH excluding ortho intramolecular Hbond substituents is 2. The van der Waals surface area contributed by atoms with E-state index in [0.717, 1.165) is 11.1 Å². The van der Waals surface area contributed by atoms with Crippen LogP contribution in [0.15, 0.2) is 48.5 Å². The van der Waals surface area contributed by atoms with E-state index in [2.05, 4.69) is 0 Å². The van der Waals surface area contributed by atoms with Crippen LogP contribution >= 0.6 is 0 Å². The minimum atomic E-state index is -0.274. The van der Waals surface area contributed by atoms with Crippen LogP contribution < -0.4 is 0 Å². The van der Waals surface area contributed by atoms with Crippen LogP contribution in [0.25, 0.3) is 0 Å². The van der Waals surface area contributed by atoms with Gasteiger partial charge < -0.3 is 14.9 Å². The normalized spacial score (nSPS) is 10.6.